The van der Waals surface area contributed by atoms with Crippen molar-refractivity contribution in [1.82, 2.24) is 15.1 Å². The second-order valence-corrected chi connectivity index (χ2v) is 4.03. The zero-order chi connectivity index (χ0) is 10.8. The van der Waals surface area contributed by atoms with Crippen LogP contribution in [0.5, 0.6) is 0 Å². The maximum absolute atomic E-state index is 11.5. The second kappa shape index (κ2) is 3.92. The lowest BCUT2D eigenvalue weighted by Crippen LogP contribution is -2.32. The van der Waals surface area contributed by atoms with Crippen molar-refractivity contribution in [3.63, 3.8) is 0 Å². The highest BCUT2D eigenvalue weighted by atomic mass is 16.5. The van der Waals surface area contributed by atoms with Crippen LogP contribution in [0.4, 0.5) is 4.79 Å². The van der Waals surface area contributed by atoms with E-state index in [0.29, 0.717) is 12.5 Å². The minimum atomic E-state index is -0.268. The number of rotatable bonds is 0. The van der Waals surface area contributed by atoms with Gasteiger partial charge in [0.1, 0.15) is 0 Å². The summed E-state index contributed by atoms with van der Waals surface area (Å²) in [6, 6.07) is 0. The Morgan fingerprint density at radius 2 is 2.53 bits per heavy atom. The Bertz CT molecular complexity index is 361. The van der Waals surface area contributed by atoms with Crippen LogP contribution >= 0.6 is 0 Å². The van der Waals surface area contributed by atoms with Crippen LogP contribution in [-0.2, 0) is 17.7 Å². The number of nitrogens with zero attached hydrogens (tertiary/aromatic N) is 2. The van der Waals surface area contributed by atoms with Crippen LogP contribution < -0.4 is 0 Å². The van der Waals surface area contributed by atoms with Gasteiger partial charge in [-0.15, -0.1) is 0 Å². The third-order valence-corrected chi connectivity index (χ3v) is 2.69. The number of hydrogen-bond acceptors (Lipinski definition) is 3. The first-order valence-corrected chi connectivity index (χ1v) is 5.04. The molecule has 82 valence electrons. The Morgan fingerprint density at radius 3 is 3.27 bits per heavy atom. The molecular weight excluding hydrogens is 194 g/mol. The molecule has 0 fully saturated rings. The third-order valence-electron chi connectivity index (χ3n) is 2.69. The molecule has 2 rings (SSSR count). The molecule has 0 bridgehead atoms. The summed E-state index contributed by atoms with van der Waals surface area (Å²) in [7, 11) is 1.41. The molecule has 0 aromatic carbocycles. The van der Waals surface area contributed by atoms with E-state index in [2.05, 4.69) is 17.1 Å². The quantitative estimate of drug-likeness (QED) is 0.697. The van der Waals surface area contributed by atoms with E-state index in [1.807, 2.05) is 0 Å². The van der Waals surface area contributed by atoms with Crippen molar-refractivity contribution in [2.75, 3.05) is 13.7 Å². The molecule has 0 saturated carbocycles. The lowest BCUT2D eigenvalue weighted by atomic mass is 10.1. The SMILES string of the molecule is COC(=O)N1Cc2cn[nH]c2CC(C)C1. The van der Waals surface area contributed by atoms with Gasteiger partial charge in [0.15, 0.2) is 0 Å². The summed E-state index contributed by atoms with van der Waals surface area (Å²) in [6.07, 6.45) is 2.45. The summed E-state index contributed by atoms with van der Waals surface area (Å²) in [6.45, 7) is 3.43. The van der Waals surface area contributed by atoms with Crippen LogP contribution in [0.1, 0.15) is 18.2 Å². The number of amides is 1. The fourth-order valence-corrected chi connectivity index (χ4v) is 1.98. The molecule has 1 atom stereocenters. The number of aromatic nitrogens is 2. The Hall–Kier alpha value is -1.52. The number of ether oxygens (including phenoxy) is 1. The van der Waals surface area contributed by atoms with Crippen molar-refractivity contribution in [1.29, 1.82) is 0 Å². The Kier molecular flexibility index (Phi) is 2.62. The van der Waals surface area contributed by atoms with Gasteiger partial charge in [0.25, 0.3) is 0 Å². The Labute approximate surface area is 88.4 Å². The van der Waals surface area contributed by atoms with Gasteiger partial charge in [-0.1, -0.05) is 6.92 Å². The summed E-state index contributed by atoms with van der Waals surface area (Å²) in [5.41, 5.74) is 2.22. The minimum Gasteiger partial charge on any atom is -0.453 e. The van der Waals surface area contributed by atoms with Crippen LogP contribution in [0.3, 0.4) is 0 Å². The maximum Gasteiger partial charge on any atom is 0.409 e. The monoisotopic (exact) mass is 209 g/mol. The van der Waals surface area contributed by atoms with Gasteiger partial charge in [-0.05, 0) is 12.3 Å². The molecule has 0 aliphatic carbocycles. The number of carbonyl (C=O) groups is 1. The number of nitrogens with one attached hydrogen (secondary N) is 1. The summed E-state index contributed by atoms with van der Waals surface area (Å²) in [4.78, 5) is 13.2. The molecule has 5 heteroatoms. The highest BCUT2D eigenvalue weighted by molar-refractivity contribution is 5.67. The van der Waals surface area contributed by atoms with E-state index in [0.717, 1.165) is 24.2 Å². The standard InChI is InChI=1S/C10H15N3O2/c1-7-3-9-8(4-11-12-9)6-13(5-7)10(14)15-2/h4,7H,3,5-6H2,1-2H3,(H,11,12). The van der Waals surface area contributed by atoms with Crippen molar-refractivity contribution in [3.05, 3.63) is 17.5 Å². The highest BCUT2D eigenvalue weighted by Crippen LogP contribution is 2.20. The fraction of sp³-hybridized carbons (Fsp3) is 0.600. The molecule has 1 aromatic heterocycles. The van der Waals surface area contributed by atoms with Crippen molar-refractivity contribution in [2.24, 2.45) is 5.92 Å². The number of H-pyrrole nitrogens is 1. The first-order chi connectivity index (χ1) is 7.20. The van der Waals surface area contributed by atoms with Gasteiger partial charge in [0.05, 0.1) is 19.9 Å². The molecule has 1 aromatic rings. The van der Waals surface area contributed by atoms with Crippen LogP contribution in [0.15, 0.2) is 6.20 Å². The molecule has 2 heterocycles. The van der Waals surface area contributed by atoms with E-state index in [4.69, 9.17) is 4.74 Å². The molecule has 1 unspecified atom stereocenters. The number of fused-ring (bicyclic) bond motifs is 1. The Morgan fingerprint density at radius 1 is 1.73 bits per heavy atom. The van der Waals surface area contributed by atoms with Gasteiger partial charge in [0, 0.05) is 17.8 Å². The molecule has 15 heavy (non-hydrogen) atoms. The maximum atomic E-state index is 11.5. The van der Waals surface area contributed by atoms with Crippen LogP contribution in [-0.4, -0.2) is 34.8 Å². The van der Waals surface area contributed by atoms with E-state index in [-0.39, 0.29) is 6.09 Å². The summed E-state index contributed by atoms with van der Waals surface area (Å²) >= 11 is 0. The molecule has 1 amide bonds. The molecule has 1 N–H and O–H groups in total. The zero-order valence-electron chi connectivity index (χ0n) is 8.99. The third kappa shape index (κ3) is 1.95. The first kappa shape index (κ1) is 10.0. The van der Waals surface area contributed by atoms with Gasteiger partial charge in [-0.3, -0.25) is 5.10 Å². The average Bonchev–Trinajstić information content (AvgIpc) is 2.57. The fourth-order valence-electron chi connectivity index (χ4n) is 1.98. The van der Waals surface area contributed by atoms with E-state index >= 15 is 0 Å². The van der Waals surface area contributed by atoms with Crippen molar-refractivity contribution >= 4 is 6.09 Å². The largest absolute Gasteiger partial charge is 0.453 e. The zero-order valence-corrected chi connectivity index (χ0v) is 8.99. The molecule has 1 aliphatic rings. The van der Waals surface area contributed by atoms with E-state index in [1.165, 1.54) is 7.11 Å². The van der Waals surface area contributed by atoms with E-state index in [9.17, 15) is 4.79 Å². The van der Waals surface area contributed by atoms with Gasteiger partial charge < -0.3 is 9.64 Å². The van der Waals surface area contributed by atoms with E-state index < -0.39 is 0 Å². The van der Waals surface area contributed by atoms with Gasteiger partial charge >= 0.3 is 6.09 Å². The molecule has 1 aliphatic heterocycles. The molecule has 5 nitrogen and oxygen atoms in total. The molecule has 0 spiro atoms. The van der Waals surface area contributed by atoms with Crippen molar-refractivity contribution < 1.29 is 9.53 Å². The summed E-state index contributed by atoms with van der Waals surface area (Å²) < 4.78 is 4.74. The number of carbonyl (C=O) groups excluding carboxylic acids is 1. The predicted molar refractivity (Wildman–Crippen MR) is 54.3 cm³/mol. The van der Waals surface area contributed by atoms with Crippen molar-refractivity contribution in [3.8, 4) is 0 Å². The van der Waals surface area contributed by atoms with Gasteiger partial charge in [-0.25, -0.2) is 4.79 Å². The van der Waals surface area contributed by atoms with Crippen molar-refractivity contribution in [2.45, 2.75) is 19.9 Å². The lowest BCUT2D eigenvalue weighted by Gasteiger charge is -2.20. The first-order valence-electron chi connectivity index (χ1n) is 5.04. The van der Waals surface area contributed by atoms with Gasteiger partial charge in [-0.2, -0.15) is 5.10 Å². The highest BCUT2D eigenvalue weighted by Gasteiger charge is 2.24. The normalized spacial score (nSPS) is 20.7. The minimum absolute atomic E-state index is 0.268. The second-order valence-electron chi connectivity index (χ2n) is 4.03. The molecular formula is C10H15N3O2. The smallest absolute Gasteiger partial charge is 0.409 e. The van der Waals surface area contributed by atoms with Gasteiger partial charge in [0.2, 0.25) is 0 Å². The summed E-state index contributed by atoms with van der Waals surface area (Å²) in [5.74, 6) is 0.422. The number of hydrogen-bond donors (Lipinski definition) is 1. The Balaban J connectivity index is 2.21. The molecule has 0 saturated heterocycles. The molecule has 0 radical (unpaired) electrons. The number of aromatic amines is 1. The predicted octanol–water partition coefficient (Wildman–Crippen LogP) is 1.17. The van der Waals surface area contributed by atoms with Crippen LogP contribution in [0.2, 0.25) is 0 Å². The average molecular weight is 209 g/mol. The topological polar surface area (TPSA) is 58.2 Å². The lowest BCUT2D eigenvalue weighted by molar-refractivity contribution is 0.116. The van der Waals surface area contributed by atoms with E-state index in [1.54, 1.807) is 11.1 Å². The number of methoxy groups -OCH3 is 1. The van der Waals surface area contributed by atoms with Crippen LogP contribution in [0, 0.1) is 5.92 Å². The van der Waals surface area contributed by atoms with Crippen LogP contribution in [0.25, 0.3) is 0 Å². The summed E-state index contributed by atoms with van der Waals surface area (Å²) in [5, 5.41) is 6.97.